The van der Waals surface area contributed by atoms with Crippen molar-refractivity contribution in [3.8, 4) is 0 Å². The minimum absolute atomic E-state index is 0.0541. The third-order valence-corrected chi connectivity index (χ3v) is 6.02. The Hall–Kier alpha value is -1.91. The molecule has 1 saturated heterocycles. The molecule has 2 heterocycles. The molecular formula is C16H27N5O4S. The average Bonchev–Trinajstić information content (AvgIpc) is 3.01. The number of hydrogen-bond donors (Lipinski definition) is 3. The van der Waals surface area contributed by atoms with Crippen molar-refractivity contribution in [1.82, 2.24) is 19.5 Å². The third kappa shape index (κ3) is 5.05. The lowest BCUT2D eigenvalue weighted by Crippen LogP contribution is -2.42. The summed E-state index contributed by atoms with van der Waals surface area (Å²) in [6, 6.07) is 1.35. The number of nitrogens with zero attached hydrogens (tertiary/aromatic N) is 2. The molecule has 1 aliphatic heterocycles. The fourth-order valence-electron chi connectivity index (χ4n) is 3.11. The van der Waals surface area contributed by atoms with Gasteiger partial charge in [-0.1, -0.05) is 0 Å². The molecular weight excluding hydrogens is 358 g/mol. The van der Waals surface area contributed by atoms with Crippen LogP contribution >= 0.6 is 0 Å². The normalized spacial score (nSPS) is 18.6. The minimum Gasteiger partial charge on any atom is -0.369 e. The molecule has 1 fully saturated rings. The Balaban J connectivity index is 1.81. The van der Waals surface area contributed by atoms with Crippen LogP contribution in [0.25, 0.3) is 0 Å². The van der Waals surface area contributed by atoms with Crippen LogP contribution in [-0.2, 0) is 21.9 Å². The molecule has 1 aliphatic rings. The van der Waals surface area contributed by atoms with E-state index in [-0.39, 0.29) is 28.3 Å². The van der Waals surface area contributed by atoms with Crippen molar-refractivity contribution in [3.05, 3.63) is 18.0 Å². The van der Waals surface area contributed by atoms with Gasteiger partial charge in [-0.05, 0) is 45.5 Å². The van der Waals surface area contributed by atoms with Crippen LogP contribution in [0.15, 0.2) is 17.2 Å². The Morgan fingerprint density at radius 2 is 2.12 bits per heavy atom. The van der Waals surface area contributed by atoms with Crippen molar-refractivity contribution in [1.29, 1.82) is 0 Å². The molecule has 0 saturated carbocycles. The van der Waals surface area contributed by atoms with Crippen molar-refractivity contribution < 1.29 is 18.0 Å². The van der Waals surface area contributed by atoms with E-state index in [9.17, 15) is 18.0 Å². The van der Waals surface area contributed by atoms with Crippen LogP contribution in [0.4, 0.5) is 0 Å². The Labute approximate surface area is 154 Å². The molecule has 4 N–H and O–H groups in total. The second kappa shape index (κ2) is 8.65. The van der Waals surface area contributed by atoms with Crippen LogP contribution in [0, 0.1) is 5.92 Å². The highest BCUT2D eigenvalue weighted by Gasteiger charge is 2.23. The van der Waals surface area contributed by atoms with Gasteiger partial charge < -0.3 is 20.5 Å². The molecule has 9 nitrogen and oxygen atoms in total. The summed E-state index contributed by atoms with van der Waals surface area (Å²) >= 11 is 0. The number of aryl methyl sites for hydroxylation is 1. The molecule has 0 aliphatic carbocycles. The fraction of sp³-hybridized carbons (Fsp3) is 0.625. The van der Waals surface area contributed by atoms with Crippen LogP contribution in [0.5, 0.6) is 0 Å². The van der Waals surface area contributed by atoms with Gasteiger partial charge in [0.15, 0.2) is 0 Å². The summed E-state index contributed by atoms with van der Waals surface area (Å²) in [5.41, 5.74) is 5.66. The van der Waals surface area contributed by atoms with E-state index in [1.54, 1.807) is 7.05 Å². The van der Waals surface area contributed by atoms with Crippen LogP contribution in [0.3, 0.4) is 0 Å². The Kier molecular flexibility index (Phi) is 6.79. The van der Waals surface area contributed by atoms with E-state index in [1.165, 1.54) is 23.9 Å². The van der Waals surface area contributed by atoms with Gasteiger partial charge in [-0.3, -0.25) is 9.59 Å². The molecule has 1 atom stereocenters. The van der Waals surface area contributed by atoms with Crippen LogP contribution in [0.2, 0.25) is 0 Å². The van der Waals surface area contributed by atoms with Crippen molar-refractivity contribution in [3.63, 3.8) is 0 Å². The number of nitrogens with two attached hydrogens (primary N) is 1. The van der Waals surface area contributed by atoms with E-state index in [0.717, 1.165) is 32.4 Å². The first-order valence-electron chi connectivity index (χ1n) is 8.64. The fourth-order valence-corrected chi connectivity index (χ4v) is 3.91. The zero-order valence-corrected chi connectivity index (χ0v) is 16.0. The number of piperidine rings is 1. The zero-order chi connectivity index (χ0) is 19.3. The molecule has 0 bridgehead atoms. The van der Waals surface area contributed by atoms with Crippen LogP contribution in [0.1, 0.15) is 29.8 Å². The number of carbonyl (C=O) groups is 2. The topological polar surface area (TPSA) is 127 Å². The number of rotatable bonds is 8. The highest BCUT2D eigenvalue weighted by Crippen LogP contribution is 2.16. The van der Waals surface area contributed by atoms with E-state index in [1.807, 2.05) is 0 Å². The first-order chi connectivity index (χ1) is 12.2. The van der Waals surface area contributed by atoms with E-state index in [4.69, 9.17) is 5.73 Å². The first kappa shape index (κ1) is 20.4. The average molecular weight is 385 g/mol. The predicted octanol–water partition coefficient (Wildman–Crippen LogP) is -0.750. The van der Waals surface area contributed by atoms with E-state index in [0.29, 0.717) is 13.1 Å². The third-order valence-electron chi connectivity index (χ3n) is 4.64. The highest BCUT2D eigenvalue weighted by atomic mass is 32.2. The van der Waals surface area contributed by atoms with Gasteiger partial charge in [0.05, 0.1) is 5.92 Å². The van der Waals surface area contributed by atoms with Gasteiger partial charge in [0, 0.05) is 26.3 Å². The van der Waals surface area contributed by atoms with Crippen LogP contribution in [-0.4, -0.2) is 62.9 Å². The smallest absolute Gasteiger partial charge is 0.267 e. The molecule has 2 amide bonds. The number of carbonyl (C=O) groups excluding carboxylic acids is 2. The van der Waals surface area contributed by atoms with E-state index >= 15 is 0 Å². The maximum absolute atomic E-state index is 12.3. The van der Waals surface area contributed by atoms with Crippen molar-refractivity contribution in [2.24, 2.45) is 18.7 Å². The summed E-state index contributed by atoms with van der Waals surface area (Å²) in [5.74, 6) is -0.660. The Morgan fingerprint density at radius 3 is 2.77 bits per heavy atom. The minimum atomic E-state index is -3.58. The molecule has 0 spiro atoms. The molecule has 0 radical (unpaired) electrons. The summed E-state index contributed by atoms with van der Waals surface area (Å²) < 4.78 is 27.3. The molecule has 1 unspecified atom stereocenters. The van der Waals surface area contributed by atoms with Gasteiger partial charge in [-0.15, -0.1) is 0 Å². The Bertz CT molecular complexity index is 759. The largest absolute Gasteiger partial charge is 0.369 e. The van der Waals surface area contributed by atoms with Gasteiger partial charge >= 0.3 is 0 Å². The molecule has 0 aromatic carbocycles. The molecule has 1 aromatic rings. The highest BCUT2D eigenvalue weighted by molar-refractivity contribution is 7.89. The summed E-state index contributed by atoms with van der Waals surface area (Å²) in [7, 11) is -0.629. The van der Waals surface area contributed by atoms with E-state index in [2.05, 4.69) is 14.9 Å². The number of sulfonamides is 1. The quantitative estimate of drug-likeness (QED) is 0.508. The maximum Gasteiger partial charge on any atom is 0.267 e. The summed E-state index contributed by atoms with van der Waals surface area (Å²) in [4.78, 5) is 25.8. The lowest BCUT2D eigenvalue weighted by atomic mass is 9.97. The Morgan fingerprint density at radius 1 is 1.38 bits per heavy atom. The SMILES string of the molecule is CNS(=O)(=O)c1cc(C(=O)NCCCN2CCCC(C(N)=O)C2)n(C)c1. The molecule has 26 heavy (non-hydrogen) atoms. The zero-order valence-electron chi connectivity index (χ0n) is 15.2. The number of aromatic nitrogens is 1. The maximum atomic E-state index is 12.3. The number of nitrogens with one attached hydrogen (secondary N) is 2. The molecule has 1 aromatic heterocycles. The molecule has 146 valence electrons. The monoisotopic (exact) mass is 385 g/mol. The molecule has 2 rings (SSSR count). The van der Waals surface area contributed by atoms with Gasteiger partial charge in [0.1, 0.15) is 10.6 Å². The lowest BCUT2D eigenvalue weighted by Gasteiger charge is -2.31. The van der Waals surface area contributed by atoms with Gasteiger partial charge in [-0.2, -0.15) is 0 Å². The number of amides is 2. The van der Waals surface area contributed by atoms with Gasteiger partial charge in [0.25, 0.3) is 5.91 Å². The van der Waals surface area contributed by atoms with Crippen molar-refractivity contribution in [2.45, 2.75) is 24.2 Å². The summed E-state index contributed by atoms with van der Waals surface area (Å²) in [5, 5.41) is 2.80. The van der Waals surface area contributed by atoms with Gasteiger partial charge in [-0.25, -0.2) is 13.1 Å². The van der Waals surface area contributed by atoms with Crippen molar-refractivity contribution in [2.75, 3.05) is 33.2 Å². The summed E-state index contributed by atoms with van der Waals surface area (Å²) in [6.07, 6.45) is 3.93. The molecule has 10 heteroatoms. The number of hydrogen-bond acceptors (Lipinski definition) is 5. The van der Waals surface area contributed by atoms with Crippen LogP contribution < -0.4 is 15.8 Å². The number of primary amides is 1. The second-order valence-electron chi connectivity index (χ2n) is 6.53. The predicted molar refractivity (Wildman–Crippen MR) is 97.0 cm³/mol. The van der Waals surface area contributed by atoms with Crippen molar-refractivity contribution >= 4 is 21.8 Å². The lowest BCUT2D eigenvalue weighted by molar-refractivity contribution is -0.123. The first-order valence-corrected chi connectivity index (χ1v) is 10.1. The summed E-state index contributed by atoms with van der Waals surface area (Å²) in [6.45, 7) is 2.85. The van der Waals surface area contributed by atoms with Gasteiger partial charge in [0.2, 0.25) is 15.9 Å². The number of likely N-dealkylation sites (tertiary alicyclic amines) is 1. The second-order valence-corrected chi connectivity index (χ2v) is 8.42. The standard InChI is InChI=1S/C16H27N5O4S/c1-18-26(24,25)13-9-14(20(2)11-13)16(23)19-6-4-8-21-7-3-5-12(10-21)15(17)22/h9,11-12,18H,3-8,10H2,1-2H3,(H2,17,22)(H,19,23). The van der Waals surface area contributed by atoms with E-state index < -0.39 is 10.0 Å².